The second kappa shape index (κ2) is 14.3. The Morgan fingerprint density at radius 1 is 0.436 bits per heavy atom. The molecule has 0 aliphatic rings. The Hall–Kier alpha value is -7.30. The molecule has 4 heterocycles. The van der Waals surface area contributed by atoms with Gasteiger partial charge in [-0.15, -0.1) is 0 Å². The number of allylic oxidation sites excluding steroid dienone is 2. The van der Waals surface area contributed by atoms with Gasteiger partial charge in [-0.05, 0) is 89.8 Å². The standard InChI is InChI=1S/C46H30N4.C5H8/c1-5-13-43-37(9-1)38-10-2-6-14-44(38)49(43)33-21-17-31(18-22-33)35-25-27-47-29-41(35)42-30-48-28-26-36(42)32-19-23-34(24-20-32)50-45-15-7-3-11-39(45)40-12-4-8-16-46(40)50;1-4-5(2)3/h1-30H;4H,1-2H2,3H3. The van der Waals surface area contributed by atoms with E-state index < -0.39 is 0 Å². The van der Waals surface area contributed by atoms with Gasteiger partial charge >= 0.3 is 0 Å². The number of aromatic nitrogens is 4. The molecular formula is C51H38N4. The molecule has 0 atom stereocenters. The van der Waals surface area contributed by atoms with Crippen molar-refractivity contribution in [2.45, 2.75) is 6.92 Å². The smallest absolute Gasteiger partial charge is 0.0541 e. The third kappa shape index (κ3) is 6.00. The predicted molar refractivity (Wildman–Crippen MR) is 232 cm³/mol. The van der Waals surface area contributed by atoms with Gasteiger partial charge < -0.3 is 9.13 Å². The molecule has 0 bridgehead atoms. The molecule has 262 valence electrons. The van der Waals surface area contributed by atoms with Crippen molar-refractivity contribution in [3.8, 4) is 44.8 Å². The molecule has 4 heteroatoms. The Morgan fingerprint density at radius 3 is 1.05 bits per heavy atom. The van der Waals surface area contributed by atoms with Crippen LogP contribution in [0.4, 0.5) is 0 Å². The zero-order valence-electron chi connectivity index (χ0n) is 30.6. The normalized spacial score (nSPS) is 11.1. The fourth-order valence-electron chi connectivity index (χ4n) is 7.70. The summed E-state index contributed by atoms with van der Waals surface area (Å²) in [6, 6.07) is 56.4. The molecule has 4 aromatic heterocycles. The van der Waals surface area contributed by atoms with Crippen LogP contribution in [0.25, 0.3) is 88.4 Å². The van der Waals surface area contributed by atoms with Gasteiger partial charge in [0.15, 0.2) is 0 Å². The van der Waals surface area contributed by atoms with Gasteiger partial charge in [-0.25, -0.2) is 0 Å². The first-order valence-corrected chi connectivity index (χ1v) is 18.4. The van der Waals surface area contributed by atoms with Gasteiger partial charge in [0.05, 0.1) is 22.1 Å². The lowest BCUT2D eigenvalue weighted by atomic mass is 9.92. The van der Waals surface area contributed by atoms with Crippen LogP contribution in [0.1, 0.15) is 6.92 Å². The lowest BCUT2D eigenvalue weighted by Gasteiger charge is -2.15. The molecule has 55 heavy (non-hydrogen) atoms. The van der Waals surface area contributed by atoms with Crippen molar-refractivity contribution >= 4 is 43.6 Å². The van der Waals surface area contributed by atoms with Gasteiger partial charge in [-0.2, -0.15) is 0 Å². The van der Waals surface area contributed by atoms with Crippen LogP contribution in [0.3, 0.4) is 0 Å². The lowest BCUT2D eigenvalue weighted by molar-refractivity contribution is 1.18. The Balaban J connectivity index is 0.000000748. The van der Waals surface area contributed by atoms with Gasteiger partial charge in [-0.3, -0.25) is 9.97 Å². The summed E-state index contributed by atoms with van der Waals surface area (Å²) in [4.78, 5) is 9.16. The zero-order valence-corrected chi connectivity index (χ0v) is 30.6. The minimum Gasteiger partial charge on any atom is -0.309 e. The number of nitrogens with zero attached hydrogens (tertiary/aromatic N) is 4. The summed E-state index contributed by atoms with van der Waals surface area (Å²) in [6.45, 7) is 8.93. The van der Waals surface area contributed by atoms with E-state index in [4.69, 9.17) is 0 Å². The van der Waals surface area contributed by atoms with Crippen molar-refractivity contribution in [2.24, 2.45) is 0 Å². The molecule has 0 aliphatic carbocycles. The van der Waals surface area contributed by atoms with E-state index in [0.717, 1.165) is 50.3 Å². The van der Waals surface area contributed by atoms with Crippen molar-refractivity contribution in [3.63, 3.8) is 0 Å². The first-order chi connectivity index (χ1) is 27.1. The number of benzene rings is 6. The second-order valence-corrected chi connectivity index (χ2v) is 13.7. The van der Waals surface area contributed by atoms with Gasteiger partial charge in [0, 0.05) is 68.8 Å². The lowest BCUT2D eigenvalue weighted by Crippen LogP contribution is -1.95. The molecule has 4 nitrogen and oxygen atoms in total. The average molecular weight is 707 g/mol. The van der Waals surface area contributed by atoms with E-state index in [1.165, 1.54) is 43.6 Å². The highest BCUT2D eigenvalue weighted by Gasteiger charge is 2.16. The Kier molecular flexibility index (Phi) is 8.69. The van der Waals surface area contributed by atoms with Crippen LogP contribution in [0, 0.1) is 0 Å². The molecule has 0 amide bonds. The minimum absolute atomic E-state index is 1.02. The van der Waals surface area contributed by atoms with E-state index >= 15 is 0 Å². The van der Waals surface area contributed by atoms with Crippen LogP contribution >= 0.6 is 0 Å². The maximum absolute atomic E-state index is 4.58. The van der Waals surface area contributed by atoms with E-state index in [1.54, 1.807) is 6.08 Å². The third-order valence-electron chi connectivity index (χ3n) is 10.3. The molecule has 6 aromatic carbocycles. The molecule has 0 saturated heterocycles. The minimum atomic E-state index is 1.02. The number of pyridine rings is 2. The number of para-hydroxylation sites is 4. The fraction of sp³-hybridized carbons (Fsp3) is 0.0196. The van der Waals surface area contributed by atoms with Gasteiger partial charge in [0.1, 0.15) is 0 Å². The Morgan fingerprint density at radius 2 is 0.745 bits per heavy atom. The maximum atomic E-state index is 4.58. The molecular weight excluding hydrogens is 669 g/mol. The van der Waals surface area contributed by atoms with Crippen LogP contribution < -0.4 is 0 Å². The van der Waals surface area contributed by atoms with Gasteiger partial charge in [0.2, 0.25) is 0 Å². The average Bonchev–Trinajstić information content (AvgIpc) is 3.77. The topological polar surface area (TPSA) is 35.6 Å². The zero-order chi connectivity index (χ0) is 37.3. The molecule has 0 saturated carbocycles. The van der Waals surface area contributed by atoms with Crippen molar-refractivity contribution in [1.82, 2.24) is 19.1 Å². The summed E-state index contributed by atoms with van der Waals surface area (Å²) in [6.07, 6.45) is 9.39. The highest BCUT2D eigenvalue weighted by Crippen LogP contribution is 2.39. The molecule has 10 aromatic rings. The molecule has 0 radical (unpaired) electrons. The fourth-order valence-corrected chi connectivity index (χ4v) is 7.70. The van der Waals surface area contributed by atoms with Crippen molar-refractivity contribution in [1.29, 1.82) is 0 Å². The summed E-state index contributed by atoms with van der Waals surface area (Å²) in [5, 5.41) is 5.04. The number of hydrogen-bond donors (Lipinski definition) is 0. The van der Waals surface area contributed by atoms with E-state index in [-0.39, 0.29) is 0 Å². The molecule has 0 N–H and O–H groups in total. The molecule has 10 rings (SSSR count). The maximum Gasteiger partial charge on any atom is 0.0541 e. The molecule has 0 unspecified atom stereocenters. The summed E-state index contributed by atoms with van der Waals surface area (Å²) < 4.78 is 4.70. The number of fused-ring (bicyclic) bond motifs is 6. The van der Waals surface area contributed by atoms with E-state index in [0.29, 0.717) is 0 Å². The summed E-state index contributed by atoms with van der Waals surface area (Å²) in [5.74, 6) is 0. The van der Waals surface area contributed by atoms with Crippen LogP contribution in [-0.4, -0.2) is 19.1 Å². The largest absolute Gasteiger partial charge is 0.309 e. The van der Waals surface area contributed by atoms with Crippen LogP contribution in [0.15, 0.2) is 207 Å². The number of hydrogen-bond acceptors (Lipinski definition) is 2. The third-order valence-corrected chi connectivity index (χ3v) is 10.3. The SMILES string of the molecule is C=CC(=C)C.c1ccc2c(c1)c1ccccc1n2-c1ccc(-c2ccncc2-c2cnccc2-c2ccc(-n3c4ccccc4c4ccccc43)cc2)cc1. The second-order valence-electron chi connectivity index (χ2n) is 13.7. The van der Waals surface area contributed by atoms with Gasteiger partial charge in [0.25, 0.3) is 0 Å². The Labute approximate surface area is 320 Å². The van der Waals surface area contributed by atoms with E-state index in [2.05, 4.69) is 190 Å². The van der Waals surface area contributed by atoms with E-state index in [9.17, 15) is 0 Å². The van der Waals surface area contributed by atoms with Crippen LogP contribution in [-0.2, 0) is 0 Å². The summed E-state index contributed by atoms with van der Waals surface area (Å²) >= 11 is 0. The van der Waals surface area contributed by atoms with Crippen molar-refractivity contribution in [2.75, 3.05) is 0 Å². The summed E-state index contributed by atoms with van der Waals surface area (Å²) in [7, 11) is 0. The predicted octanol–water partition coefficient (Wildman–Crippen LogP) is 13.4. The molecule has 0 spiro atoms. The van der Waals surface area contributed by atoms with Crippen molar-refractivity contribution < 1.29 is 0 Å². The van der Waals surface area contributed by atoms with Crippen LogP contribution in [0.2, 0.25) is 0 Å². The quantitative estimate of drug-likeness (QED) is 0.161. The van der Waals surface area contributed by atoms with E-state index in [1.807, 2.05) is 31.7 Å². The molecule has 0 fully saturated rings. The molecule has 0 aliphatic heterocycles. The first-order valence-electron chi connectivity index (χ1n) is 18.4. The van der Waals surface area contributed by atoms with Crippen molar-refractivity contribution in [3.05, 3.63) is 207 Å². The highest BCUT2D eigenvalue weighted by atomic mass is 15.0. The van der Waals surface area contributed by atoms with Crippen LogP contribution in [0.5, 0.6) is 0 Å². The van der Waals surface area contributed by atoms with Gasteiger partial charge in [-0.1, -0.05) is 122 Å². The first kappa shape index (κ1) is 33.5. The summed E-state index contributed by atoms with van der Waals surface area (Å²) in [5.41, 5.74) is 14.7. The Bertz CT molecular complexity index is 2710. The monoisotopic (exact) mass is 706 g/mol. The highest BCUT2D eigenvalue weighted by molar-refractivity contribution is 6.10. The number of rotatable bonds is 6.